The van der Waals surface area contributed by atoms with Crippen molar-refractivity contribution in [1.82, 2.24) is 19.5 Å². The number of carbonyl (C=O) groups is 3. The number of aromatic nitrogens is 3. The number of rotatable bonds is 4. The van der Waals surface area contributed by atoms with Gasteiger partial charge in [-0.15, -0.1) is 16.4 Å². The molecule has 0 saturated carbocycles. The van der Waals surface area contributed by atoms with E-state index in [0.29, 0.717) is 16.5 Å². The number of anilines is 1. The number of ether oxygens (including phenoxy) is 2. The molecule has 6 rings (SSSR count). The fraction of sp³-hybridized carbons (Fsp3) is 0.136. The third-order valence-corrected chi connectivity index (χ3v) is 6.42. The maximum absolute atomic E-state index is 13.0. The molecule has 3 amide bonds. The predicted molar refractivity (Wildman–Crippen MR) is 117 cm³/mol. The van der Waals surface area contributed by atoms with Crippen molar-refractivity contribution in [3.05, 3.63) is 69.7 Å². The summed E-state index contributed by atoms with van der Waals surface area (Å²) in [6.45, 7) is 2.12. The maximum Gasteiger partial charge on any atom is 0.261 e. The van der Waals surface area contributed by atoms with E-state index >= 15 is 0 Å². The second-order valence-corrected chi connectivity index (χ2v) is 8.44. The van der Waals surface area contributed by atoms with Crippen LogP contribution in [-0.4, -0.2) is 44.0 Å². The molecule has 0 unspecified atom stereocenters. The lowest BCUT2D eigenvalue weighted by molar-refractivity contribution is 0.0642. The molecule has 2 aromatic carbocycles. The highest BCUT2D eigenvalue weighted by Crippen LogP contribution is 2.34. The molecular weight excluding hydrogens is 446 g/mol. The summed E-state index contributed by atoms with van der Waals surface area (Å²) in [5.74, 6) is 0.0279. The van der Waals surface area contributed by atoms with Crippen LogP contribution in [0, 0.1) is 6.92 Å². The van der Waals surface area contributed by atoms with Crippen LogP contribution >= 0.6 is 11.3 Å². The van der Waals surface area contributed by atoms with Gasteiger partial charge in [-0.2, -0.15) is 4.98 Å². The Bertz CT molecular complexity index is 1490. The zero-order valence-corrected chi connectivity index (χ0v) is 18.0. The molecule has 10 nitrogen and oxygen atoms in total. The molecule has 0 fully saturated rings. The number of hydrogen-bond acceptors (Lipinski definition) is 8. The molecule has 0 saturated heterocycles. The van der Waals surface area contributed by atoms with Gasteiger partial charge in [-0.05, 0) is 42.8 Å². The van der Waals surface area contributed by atoms with Crippen molar-refractivity contribution < 1.29 is 23.9 Å². The molecule has 2 aliphatic heterocycles. The Morgan fingerprint density at radius 2 is 1.91 bits per heavy atom. The number of benzene rings is 2. The van der Waals surface area contributed by atoms with Gasteiger partial charge in [0.05, 0.1) is 23.4 Å². The van der Waals surface area contributed by atoms with Gasteiger partial charge < -0.3 is 9.47 Å². The summed E-state index contributed by atoms with van der Waals surface area (Å²) in [5, 5.41) is 8.81. The summed E-state index contributed by atoms with van der Waals surface area (Å²) < 4.78 is 12.3. The zero-order valence-electron chi connectivity index (χ0n) is 17.2. The highest BCUT2D eigenvalue weighted by atomic mass is 32.1. The Kier molecular flexibility index (Phi) is 4.20. The first-order chi connectivity index (χ1) is 16.0. The van der Waals surface area contributed by atoms with Crippen LogP contribution in [0.3, 0.4) is 0 Å². The van der Waals surface area contributed by atoms with E-state index in [0.717, 1.165) is 16.2 Å². The van der Waals surface area contributed by atoms with E-state index in [4.69, 9.17) is 9.47 Å². The summed E-state index contributed by atoms with van der Waals surface area (Å²) in [7, 11) is 0. The SMILES string of the molecule is Cc1csc2nc(NC(=O)c3ccc4c(c3)C(=O)N(Cc3ccc5c(c3)OCO5)C4=O)nn12. The first-order valence-electron chi connectivity index (χ1n) is 9.99. The summed E-state index contributed by atoms with van der Waals surface area (Å²) in [6, 6.07) is 9.69. The number of nitrogens with zero attached hydrogens (tertiary/aromatic N) is 4. The van der Waals surface area contributed by atoms with Crippen molar-refractivity contribution >= 4 is 40.0 Å². The zero-order chi connectivity index (χ0) is 22.7. The van der Waals surface area contributed by atoms with Gasteiger partial charge in [0.25, 0.3) is 23.7 Å². The first-order valence-corrected chi connectivity index (χ1v) is 10.9. The Balaban J connectivity index is 1.23. The number of aryl methyl sites for hydroxylation is 1. The molecule has 4 heterocycles. The van der Waals surface area contributed by atoms with Crippen molar-refractivity contribution in [3.8, 4) is 11.5 Å². The standard InChI is InChI=1S/C22H15N5O5S/c1-11-9-33-22-24-21(25-27(11)22)23-18(28)13-3-4-14-15(7-13)20(30)26(19(14)29)8-12-2-5-16-17(6-12)32-10-31-16/h2-7,9H,8,10H2,1H3,(H,23,25,28). The van der Waals surface area contributed by atoms with Gasteiger partial charge in [0.2, 0.25) is 11.8 Å². The minimum absolute atomic E-state index is 0.0825. The number of thiazole rings is 1. The van der Waals surface area contributed by atoms with Gasteiger partial charge >= 0.3 is 0 Å². The minimum atomic E-state index is -0.469. The summed E-state index contributed by atoms with van der Waals surface area (Å²) in [4.78, 5) is 44.7. The molecule has 0 radical (unpaired) electrons. The molecule has 2 aliphatic rings. The number of fused-ring (bicyclic) bond motifs is 3. The van der Waals surface area contributed by atoms with Crippen molar-refractivity contribution in [2.24, 2.45) is 0 Å². The molecule has 4 aromatic rings. The van der Waals surface area contributed by atoms with E-state index in [9.17, 15) is 14.4 Å². The van der Waals surface area contributed by atoms with Gasteiger partial charge in [-0.3, -0.25) is 24.6 Å². The van der Waals surface area contributed by atoms with E-state index in [1.807, 2.05) is 12.3 Å². The molecular formula is C22H15N5O5S. The average Bonchev–Trinajstić information content (AvgIpc) is 3.56. The lowest BCUT2D eigenvalue weighted by atomic mass is 10.1. The van der Waals surface area contributed by atoms with Gasteiger partial charge in [-0.25, -0.2) is 4.52 Å². The van der Waals surface area contributed by atoms with Gasteiger partial charge in [0.15, 0.2) is 11.5 Å². The number of amides is 3. The van der Waals surface area contributed by atoms with E-state index in [-0.39, 0.29) is 36.0 Å². The van der Waals surface area contributed by atoms with Crippen molar-refractivity contribution in [1.29, 1.82) is 0 Å². The quantitative estimate of drug-likeness (QED) is 0.465. The Hall–Kier alpha value is -4.25. The third-order valence-electron chi connectivity index (χ3n) is 5.48. The molecule has 1 N–H and O–H groups in total. The van der Waals surface area contributed by atoms with Crippen molar-refractivity contribution in [2.45, 2.75) is 13.5 Å². The number of carbonyl (C=O) groups excluding carboxylic acids is 3. The van der Waals surface area contributed by atoms with E-state index in [1.165, 1.54) is 29.5 Å². The van der Waals surface area contributed by atoms with Gasteiger partial charge in [0, 0.05) is 10.9 Å². The van der Waals surface area contributed by atoms with Gasteiger partial charge in [0.1, 0.15) is 0 Å². The van der Waals surface area contributed by atoms with Crippen LogP contribution in [-0.2, 0) is 6.54 Å². The molecule has 0 spiro atoms. The van der Waals surface area contributed by atoms with Crippen LogP contribution in [0.25, 0.3) is 4.96 Å². The lowest BCUT2D eigenvalue weighted by Crippen LogP contribution is -2.29. The molecule has 0 bridgehead atoms. The number of imide groups is 1. The topological polar surface area (TPSA) is 115 Å². The molecule has 0 atom stereocenters. The minimum Gasteiger partial charge on any atom is -0.454 e. The highest BCUT2D eigenvalue weighted by Gasteiger charge is 2.36. The second-order valence-electron chi connectivity index (χ2n) is 7.61. The van der Waals surface area contributed by atoms with Crippen LogP contribution in [0.15, 0.2) is 41.8 Å². The van der Waals surface area contributed by atoms with Crippen LogP contribution < -0.4 is 14.8 Å². The monoisotopic (exact) mass is 461 g/mol. The second kappa shape index (κ2) is 7.14. The van der Waals surface area contributed by atoms with Crippen LogP contribution in [0.2, 0.25) is 0 Å². The van der Waals surface area contributed by atoms with Gasteiger partial charge in [-0.1, -0.05) is 6.07 Å². The lowest BCUT2D eigenvalue weighted by Gasteiger charge is -2.14. The number of nitrogens with one attached hydrogen (secondary N) is 1. The van der Waals surface area contributed by atoms with E-state index < -0.39 is 17.7 Å². The molecule has 33 heavy (non-hydrogen) atoms. The van der Waals surface area contributed by atoms with Crippen LogP contribution in [0.5, 0.6) is 11.5 Å². The summed E-state index contributed by atoms with van der Waals surface area (Å²) in [5.41, 5.74) is 2.31. The highest BCUT2D eigenvalue weighted by molar-refractivity contribution is 7.15. The summed E-state index contributed by atoms with van der Waals surface area (Å²) >= 11 is 1.42. The molecule has 11 heteroatoms. The van der Waals surface area contributed by atoms with Crippen molar-refractivity contribution in [3.63, 3.8) is 0 Å². The maximum atomic E-state index is 13.0. The third kappa shape index (κ3) is 3.12. The van der Waals surface area contributed by atoms with Crippen molar-refractivity contribution in [2.75, 3.05) is 12.1 Å². The van der Waals surface area contributed by atoms with Crippen LogP contribution in [0.4, 0.5) is 5.95 Å². The molecule has 2 aromatic heterocycles. The fourth-order valence-electron chi connectivity index (χ4n) is 3.82. The average molecular weight is 461 g/mol. The largest absolute Gasteiger partial charge is 0.454 e. The van der Waals surface area contributed by atoms with E-state index in [2.05, 4.69) is 15.4 Å². The summed E-state index contributed by atoms with van der Waals surface area (Å²) in [6.07, 6.45) is 0. The normalized spacial score (nSPS) is 14.3. The molecule has 164 valence electrons. The molecule has 0 aliphatic carbocycles. The van der Waals surface area contributed by atoms with E-state index in [1.54, 1.807) is 22.7 Å². The Morgan fingerprint density at radius 1 is 1.09 bits per heavy atom. The van der Waals surface area contributed by atoms with Crippen LogP contribution in [0.1, 0.15) is 42.3 Å². The Morgan fingerprint density at radius 3 is 2.76 bits per heavy atom. The Labute approximate surface area is 190 Å². The first kappa shape index (κ1) is 19.4. The number of hydrogen-bond donors (Lipinski definition) is 1. The predicted octanol–water partition coefficient (Wildman–Crippen LogP) is 2.88. The fourth-order valence-corrected chi connectivity index (χ4v) is 4.62. The smallest absolute Gasteiger partial charge is 0.261 e.